The molecule has 0 heterocycles. The highest BCUT2D eigenvalue weighted by molar-refractivity contribution is 5.84. The van der Waals surface area contributed by atoms with Gasteiger partial charge in [-0.2, -0.15) is 0 Å². The number of benzene rings is 1. The Hall–Kier alpha value is -1.15. The van der Waals surface area contributed by atoms with Crippen LogP contribution in [-0.4, -0.2) is 30.8 Å². The number of hydrogen-bond donors (Lipinski definition) is 0. The summed E-state index contributed by atoms with van der Waals surface area (Å²) in [6.45, 7) is 2.05. The number of rotatable bonds is 6. The van der Waals surface area contributed by atoms with Gasteiger partial charge in [0.15, 0.2) is 0 Å². The van der Waals surface area contributed by atoms with Crippen molar-refractivity contribution in [3.63, 3.8) is 0 Å². The fourth-order valence-electron chi connectivity index (χ4n) is 1.83. The molecule has 2 heteroatoms. The molecule has 0 amide bonds. The number of ketones is 1. The molecule has 0 aliphatic rings. The lowest BCUT2D eigenvalue weighted by Gasteiger charge is -2.23. The molecule has 2 nitrogen and oxygen atoms in total. The number of Topliss-reactive ketones (excluding diaryl/α,β-unsaturated/α-hetero) is 1. The summed E-state index contributed by atoms with van der Waals surface area (Å²) in [5, 5.41) is 0. The van der Waals surface area contributed by atoms with Gasteiger partial charge in [-0.1, -0.05) is 37.3 Å². The highest BCUT2D eigenvalue weighted by atomic mass is 16.1. The maximum Gasteiger partial charge on any atom is 0.150 e. The Kier molecular flexibility index (Phi) is 5.20. The highest BCUT2D eigenvalue weighted by Gasteiger charge is 2.19. The van der Waals surface area contributed by atoms with Crippen molar-refractivity contribution >= 4 is 5.78 Å². The van der Waals surface area contributed by atoms with E-state index in [1.165, 1.54) is 5.56 Å². The molecule has 1 unspecified atom stereocenters. The molecule has 1 aromatic carbocycles. The number of likely N-dealkylation sites (N-methyl/N-ethyl adjacent to an activating group) is 1. The van der Waals surface area contributed by atoms with E-state index in [2.05, 4.69) is 12.1 Å². The summed E-state index contributed by atoms with van der Waals surface area (Å²) < 4.78 is 0. The third kappa shape index (κ3) is 3.78. The van der Waals surface area contributed by atoms with E-state index in [0.29, 0.717) is 12.2 Å². The van der Waals surface area contributed by atoms with Crippen LogP contribution in [0, 0.1) is 0 Å². The fourth-order valence-corrected chi connectivity index (χ4v) is 1.83. The second kappa shape index (κ2) is 6.44. The van der Waals surface area contributed by atoms with Gasteiger partial charge >= 0.3 is 0 Å². The predicted octanol–water partition coefficient (Wildman–Crippen LogP) is 2.53. The summed E-state index contributed by atoms with van der Waals surface area (Å²) in [6, 6.07) is 10.2. The normalized spacial score (nSPS) is 12.8. The van der Waals surface area contributed by atoms with Gasteiger partial charge < -0.3 is 0 Å². The second-order valence-corrected chi connectivity index (χ2v) is 4.39. The number of hydrogen-bond acceptors (Lipinski definition) is 2. The molecule has 0 aliphatic carbocycles. The molecule has 0 saturated carbocycles. The van der Waals surface area contributed by atoms with Gasteiger partial charge in [0.25, 0.3) is 0 Å². The van der Waals surface area contributed by atoms with Gasteiger partial charge in [-0.05, 0) is 32.5 Å². The molecule has 0 saturated heterocycles. The standard InChI is InChI=1S/C14H21NO/c1-4-8-14(16)13(15(2)3)11-12-9-6-5-7-10-12/h5-7,9-10,13H,4,8,11H2,1-3H3. The summed E-state index contributed by atoms with van der Waals surface area (Å²) in [7, 11) is 3.95. The average Bonchev–Trinajstić information content (AvgIpc) is 2.27. The lowest BCUT2D eigenvalue weighted by Crippen LogP contribution is -2.37. The van der Waals surface area contributed by atoms with Crippen molar-refractivity contribution in [1.82, 2.24) is 4.90 Å². The van der Waals surface area contributed by atoms with Gasteiger partial charge in [0, 0.05) is 6.42 Å². The Morgan fingerprint density at radius 2 is 1.88 bits per heavy atom. The van der Waals surface area contributed by atoms with E-state index in [4.69, 9.17) is 0 Å². The first kappa shape index (κ1) is 12.9. The lowest BCUT2D eigenvalue weighted by atomic mass is 9.99. The van der Waals surface area contributed by atoms with Crippen LogP contribution in [-0.2, 0) is 11.2 Å². The van der Waals surface area contributed by atoms with E-state index in [1.54, 1.807) is 0 Å². The van der Waals surface area contributed by atoms with Crippen LogP contribution in [0.4, 0.5) is 0 Å². The predicted molar refractivity (Wildman–Crippen MR) is 67.5 cm³/mol. The maximum atomic E-state index is 11.9. The largest absolute Gasteiger partial charge is 0.299 e. The van der Waals surface area contributed by atoms with Gasteiger partial charge in [-0.3, -0.25) is 9.69 Å². The Bertz CT molecular complexity index is 319. The summed E-state index contributed by atoms with van der Waals surface area (Å²) >= 11 is 0. The van der Waals surface area contributed by atoms with Crippen LogP contribution in [0.5, 0.6) is 0 Å². The first-order chi connectivity index (χ1) is 7.65. The number of carbonyl (C=O) groups excluding carboxylic acids is 1. The number of nitrogens with zero attached hydrogens (tertiary/aromatic N) is 1. The summed E-state index contributed by atoms with van der Waals surface area (Å²) in [6.07, 6.45) is 2.42. The minimum atomic E-state index is 0.0161. The quantitative estimate of drug-likeness (QED) is 0.732. The van der Waals surface area contributed by atoms with Crippen molar-refractivity contribution in [2.45, 2.75) is 32.2 Å². The van der Waals surface area contributed by atoms with Crippen molar-refractivity contribution in [2.24, 2.45) is 0 Å². The van der Waals surface area contributed by atoms with Crippen LogP contribution in [0.25, 0.3) is 0 Å². The van der Waals surface area contributed by atoms with Gasteiger partial charge in [0.2, 0.25) is 0 Å². The zero-order valence-electron chi connectivity index (χ0n) is 10.4. The number of carbonyl (C=O) groups is 1. The van der Waals surface area contributed by atoms with Crippen LogP contribution in [0.15, 0.2) is 30.3 Å². The van der Waals surface area contributed by atoms with Crippen LogP contribution in [0.3, 0.4) is 0 Å². The molecule has 88 valence electrons. The van der Waals surface area contributed by atoms with Gasteiger partial charge in [-0.15, -0.1) is 0 Å². The third-order valence-corrected chi connectivity index (χ3v) is 2.76. The van der Waals surface area contributed by atoms with E-state index in [0.717, 1.165) is 12.8 Å². The molecular weight excluding hydrogens is 198 g/mol. The van der Waals surface area contributed by atoms with Crippen molar-refractivity contribution in [1.29, 1.82) is 0 Å². The SMILES string of the molecule is CCCC(=O)C(Cc1ccccc1)N(C)C. The molecule has 0 bridgehead atoms. The average molecular weight is 219 g/mol. The van der Waals surface area contributed by atoms with Gasteiger partial charge in [0.05, 0.1) is 6.04 Å². The molecule has 0 aliphatic heterocycles. The zero-order chi connectivity index (χ0) is 12.0. The molecule has 1 aromatic rings. The fraction of sp³-hybridized carbons (Fsp3) is 0.500. The van der Waals surface area contributed by atoms with Gasteiger partial charge in [0.1, 0.15) is 5.78 Å². The van der Waals surface area contributed by atoms with Crippen molar-refractivity contribution in [3.8, 4) is 0 Å². The van der Waals surface area contributed by atoms with Gasteiger partial charge in [-0.25, -0.2) is 0 Å². The van der Waals surface area contributed by atoms with Crippen LogP contribution >= 0.6 is 0 Å². The van der Waals surface area contributed by atoms with E-state index in [1.807, 2.05) is 44.1 Å². The molecule has 1 atom stereocenters. The molecule has 0 fully saturated rings. The minimum Gasteiger partial charge on any atom is -0.299 e. The highest BCUT2D eigenvalue weighted by Crippen LogP contribution is 2.10. The van der Waals surface area contributed by atoms with E-state index in [-0.39, 0.29) is 6.04 Å². The lowest BCUT2D eigenvalue weighted by molar-refractivity contribution is -0.123. The molecule has 16 heavy (non-hydrogen) atoms. The molecule has 0 radical (unpaired) electrons. The molecular formula is C14H21NO. The van der Waals surface area contributed by atoms with Crippen molar-refractivity contribution in [2.75, 3.05) is 14.1 Å². The maximum absolute atomic E-state index is 11.9. The molecule has 1 rings (SSSR count). The monoisotopic (exact) mass is 219 g/mol. The Morgan fingerprint density at radius 1 is 1.25 bits per heavy atom. The van der Waals surface area contributed by atoms with Crippen LogP contribution in [0.1, 0.15) is 25.3 Å². The molecule has 0 aromatic heterocycles. The first-order valence-corrected chi connectivity index (χ1v) is 5.88. The van der Waals surface area contributed by atoms with Crippen molar-refractivity contribution in [3.05, 3.63) is 35.9 Å². The van der Waals surface area contributed by atoms with Crippen LogP contribution in [0.2, 0.25) is 0 Å². The Balaban J connectivity index is 2.69. The molecule has 0 spiro atoms. The Labute approximate surface area is 98.3 Å². The second-order valence-electron chi connectivity index (χ2n) is 4.39. The van der Waals surface area contributed by atoms with E-state index in [9.17, 15) is 4.79 Å². The summed E-state index contributed by atoms with van der Waals surface area (Å²) in [4.78, 5) is 14.0. The third-order valence-electron chi connectivity index (χ3n) is 2.76. The van der Waals surface area contributed by atoms with Crippen LogP contribution < -0.4 is 0 Å². The smallest absolute Gasteiger partial charge is 0.150 e. The summed E-state index contributed by atoms with van der Waals surface area (Å²) in [5.74, 6) is 0.344. The Morgan fingerprint density at radius 3 is 2.38 bits per heavy atom. The van der Waals surface area contributed by atoms with E-state index >= 15 is 0 Å². The topological polar surface area (TPSA) is 20.3 Å². The summed E-state index contributed by atoms with van der Waals surface area (Å²) in [5.41, 5.74) is 1.23. The first-order valence-electron chi connectivity index (χ1n) is 5.88. The van der Waals surface area contributed by atoms with E-state index < -0.39 is 0 Å². The molecule has 0 N–H and O–H groups in total. The zero-order valence-corrected chi connectivity index (χ0v) is 10.4. The van der Waals surface area contributed by atoms with Crippen molar-refractivity contribution < 1.29 is 4.79 Å². The minimum absolute atomic E-state index is 0.0161.